The first kappa shape index (κ1) is 18.3. The Balaban J connectivity index is 1.59. The highest BCUT2D eigenvalue weighted by atomic mass is 16.3. The molecule has 140 valence electrons. The lowest BCUT2D eigenvalue weighted by atomic mass is 9.97. The zero-order chi connectivity index (χ0) is 17.8. The molecule has 3 heterocycles. The third-order valence-corrected chi connectivity index (χ3v) is 5.47. The Kier molecular flexibility index (Phi) is 6.03. The van der Waals surface area contributed by atoms with Gasteiger partial charge in [0, 0.05) is 45.6 Å². The van der Waals surface area contributed by atoms with Crippen LogP contribution in [0.4, 0.5) is 0 Å². The van der Waals surface area contributed by atoms with E-state index in [1.807, 2.05) is 7.05 Å². The van der Waals surface area contributed by atoms with E-state index >= 15 is 0 Å². The van der Waals surface area contributed by atoms with E-state index in [-0.39, 0.29) is 12.0 Å². The maximum atomic E-state index is 11.0. The van der Waals surface area contributed by atoms with Crippen molar-refractivity contribution in [1.29, 1.82) is 0 Å². The van der Waals surface area contributed by atoms with Gasteiger partial charge in [-0.25, -0.2) is 0 Å². The van der Waals surface area contributed by atoms with Crippen molar-refractivity contribution in [2.24, 2.45) is 12.8 Å². The third-order valence-electron chi connectivity index (χ3n) is 5.47. The average molecular weight is 350 g/mol. The fourth-order valence-corrected chi connectivity index (χ4v) is 3.88. The quantitative estimate of drug-likeness (QED) is 0.739. The van der Waals surface area contributed by atoms with Crippen molar-refractivity contribution in [3.05, 3.63) is 11.6 Å². The SMILES string of the molecule is Cn1c(CN2CCC(O)CC2)nnc1C1CCCN(CCC(N)=O)C1. The second-order valence-corrected chi connectivity index (χ2v) is 7.40. The molecular formula is C17H30N6O2. The van der Waals surface area contributed by atoms with Crippen molar-refractivity contribution in [2.75, 3.05) is 32.7 Å². The molecule has 2 aliphatic rings. The average Bonchev–Trinajstić information content (AvgIpc) is 2.96. The zero-order valence-electron chi connectivity index (χ0n) is 15.1. The standard InChI is InChI=1S/C17H30N6O2/c1-21-16(12-23-8-4-14(24)5-9-23)19-20-17(21)13-3-2-7-22(11-13)10-6-15(18)25/h13-14,24H,2-12H2,1H3,(H2,18,25). The Morgan fingerprint density at radius 3 is 2.68 bits per heavy atom. The normalized spacial score (nSPS) is 23.8. The van der Waals surface area contributed by atoms with Crippen LogP contribution in [0.25, 0.3) is 0 Å². The van der Waals surface area contributed by atoms with Crippen LogP contribution in [0.5, 0.6) is 0 Å². The van der Waals surface area contributed by atoms with Gasteiger partial charge in [0.15, 0.2) is 0 Å². The summed E-state index contributed by atoms with van der Waals surface area (Å²) in [5.74, 6) is 2.14. The van der Waals surface area contributed by atoms with Gasteiger partial charge in [0.1, 0.15) is 11.6 Å². The number of aliphatic hydroxyl groups is 1. The second kappa shape index (κ2) is 8.25. The Morgan fingerprint density at radius 1 is 1.20 bits per heavy atom. The number of hydrogen-bond donors (Lipinski definition) is 2. The highest BCUT2D eigenvalue weighted by Gasteiger charge is 2.27. The lowest BCUT2D eigenvalue weighted by Gasteiger charge is -2.32. The van der Waals surface area contributed by atoms with Crippen molar-refractivity contribution in [1.82, 2.24) is 24.6 Å². The van der Waals surface area contributed by atoms with Gasteiger partial charge in [0.25, 0.3) is 0 Å². The van der Waals surface area contributed by atoms with Gasteiger partial charge in [0.05, 0.1) is 12.6 Å². The molecule has 3 rings (SSSR count). The maximum Gasteiger partial charge on any atom is 0.218 e. The topological polar surface area (TPSA) is 101 Å². The van der Waals surface area contributed by atoms with Gasteiger partial charge in [-0.1, -0.05) is 0 Å². The molecule has 0 aliphatic carbocycles. The molecule has 0 radical (unpaired) electrons. The van der Waals surface area contributed by atoms with E-state index in [0.717, 1.165) is 76.6 Å². The van der Waals surface area contributed by atoms with E-state index in [9.17, 15) is 9.90 Å². The van der Waals surface area contributed by atoms with E-state index in [0.29, 0.717) is 12.3 Å². The number of likely N-dealkylation sites (tertiary alicyclic amines) is 2. The van der Waals surface area contributed by atoms with E-state index < -0.39 is 0 Å². The fraction of sp³-hybridized carbons (Fsp3) is 0.824. The summed E-state index contributed by atoms with van der Waals surface area (Å²) in [5, 5.41) is 18.5. The Labute approximate surface area is 149 Å². The Morgan fingerprint density at radius 2 is 1.96 bits per heavy atom. The summed E-state index contributed by atoms with van der Waals surface area (Å²) in [6.07, 6.45) is 4.15. The molecule has 0 aromatic carbocycles. The molecule has 3 N–H and O–H groups in total. The molecule has 25 heavy (non-hydrogen) atoms. The van der Waals surface area contributed by atoms with Gasteiger partial charge in [-0.15, -0.1) is 10.2 Å². The molecule has 1 atom stereocenters. The summed E-state index contributed by atoms with van der Waals surface area (Å²) < 4.78 is 2.13. The molecule has 0 saturated carbocycles. The van der Waals surface area contributed by atoms with Crippen LogP contribution < -0.4 is 5.73 Å². The van der Waals surface area contributed by atoms with Gasteiger partial charge in [-0.3, -0.25) is 9.69 Å². The van der Waals surface area contributed by atoms with Crippen molar-refractivity contribution in [3.8, 4) is 0 Å². The third kappa shape index (κ3) is 4.77. The van der Waals surface area contributed by atoms with Crippen LogP contribution in [0.1, 0.15) is 49.7 Å². The minimum atomic E-state index is -0.241. The number of carbonyl (C=O) groups excluding carboxylic acids is 1. The summed E-state index contributed by atoms with van der Waals surface area (Å²) in [6.45, 7) is 5.27. The molecule has 0 spiro atoms. The van der Waals surface area contributed by atoms with Crippen molar-refractivity contribution in [3.63, 3.8) is 0 Å². The number of aromatic nitrogens is 3. The second-order valence-electron chi connectivity index (χ2n) is 7.40. The van der Waals surface area contributed by atoms with Crippen LogP contribution in [0.3, 0.4) is 0 Å². The molecule has 8 nitrogen and oxygen atoms in total. The van der Waals surface area contributed by atoms with Crippen molar-refractivity contribution >= 4 is 5.91 Å². The molecular weight excluding hydrogens is 320 g/mol. The van der Waals surface area contributed by atoms with Crippen molar-refractivity contribution in [2.45, 2.75) is 50.7 Å². The van der Waals surface area contributed by atoms with Gasteiger partial charge in [0.2, 0.25) is 5.91 Å². The van der Waals surface area contributed by atoms with Crippen LogP contribution >= 0.6 is 0 Å². The van der Waals surface area contributed by atoms with E-state index in [1.165, 1.54) is 0 Å². The summed E-state index contributed by atoms with van der Waals surface area (Å²) in [7, 11) is 2.05. The highest BCUT2D eigenvalue weighted by molar-refractivity contribution is 5.73. The van der Waals surface area contributed by atoms with E-state index in [4.69, 9.17) is 5.73 Å². The molecule has 2 aliphatic heterocycles. The van der Waals surface area contributed by atoms with Gasteiger partial charge in [-0.05, 0) is 32.2 Å². The van der Waals surface area contributed by atoms with Gasteiger partial charge >= 0.3 is 0 Å². The van der Waals surface area contributed by atoms with Crippen LogP contribution in [0, 0.1) is 0 Å². The van der Waals surface area contributed by atoms with Gasteiger partial charge in [-0.2, -0.15) is 0 Å². The Hall–Kier alpha value is -1.51. The predicted molar refractivity (Wildman–Crippen MR) is 93.7 cm³/mol. The highest BCUT2D eigenvalue weighted by Crippen LogP contribution is 2.26. The minimum absolute atomic E-state index is 0.153. The first-order valence-electron chi connectivity index (χ1n) is 9.32. The first-order chi connectivity index (χ1) is 12.0. The number of rotatable bonds is 6. The number of primary amides is 1. The van der Waals surface area contributed by atoms with E-state index in [2.05, 4.69) is 24.6 Å². The number of aliphatic hydroxyl groups excluding tert-OH is 1. The van der Waals surface area contributed by atoms with Crippen LogP contribution in [0.15, 0.2) is 0 Å². The number of carbonyl (C=O) groups is 1. The maximum absolute atomic E-state index is 11.0. The Bertz CT molecular complexity index is 582. The number of hydrogen-bond acceptors (Lipinski definition) is 6. The van der Waals surface area contributed by atoms with Crippen LogP contribution in [-0.4, -0.2) is 74.4 Å². The molecule has 8 heteroatoms. The van der Waals surface area contributed by atoms with Gasteiger partial charge < -0.3 is 20.3 Å². The number of piperidine rings is 2. The zero-order valence-corrected chi connectivity index (χ0v) is 15.1. The number of amides is 1. The van der Waals surface area contributed by atoms with Crippen LogP contribution in [-0.2, 0) is 18.4 Å². The largest absolute Gasteiger partial charge is 0.393 e. The fourth-order valence-electron chi connectivity index (χ4n) is 3.88. The number of nitrogens with zero attached hydrogens (tertiary/aromatic N) is 5. The first-order valence-corrected chi connectivity index (χ1v) is 9.32. The summed E-state index contributed by atoms with van der Waals surface area (Å²) >= 11 is 0. The number of nitrogens with two attached hydrogens (primary N) is 1. The molecule has 1 aromatic rings. The predicted octanol–water partition coefficient (Wildman–Crippen LogP) is -0.173. The summed E-state index contributed by atoms with van der Waals surface area (Å²) in [6, 6.07) is 0. The molecule has 0 bridgehead atoms. The smallest absolute Gasteiger partial charge is 0.218 e. The molecule has 1 unspecified atom stereocenters. The van der Waals surface area contributed by atoms with E-state index in [1.54, 1.807) is 0 Å². The lowest BCUT2D eigenvalue weighted by Crippen LogP contribution is -2.37. The van der Waals surface area contributed by atoms with Crippen LogP contribution in [0.2, 0.25) is 0 Å². The monoisotopic (exact) mass is 350 g/mol. The molecule has 2 fully saturated rings. The molecule has 1 aromatic heterocycles. The summed E-state index contributed by atoms with van der Waals surface area (Å²) in [5.41, 5.74) is 5.27. The molecule has 2 saturated heterocycles. The minimum Gasteiger partial charge on any atom is -0.393 e. The van der Waals surface area contributed by atoms with Crippen molar-refractivity contribution < 1.29 is 9.90 Å². The summed E-state index contributed by atoms with van der Waals surface area (Å²) in [4.78, 5) is 15.6. The molecule has 1 amide bonds. The lowest BCUT2D eigenvalue weighted by molar-refractivity contribution is -0.118.